The van der Waals surface area contributed by atoms with Gasteiger partial charge in [-0.15, -0.1) is 0 Å². The van der Waals surface area contributed by atoms with Crippen molar-refractivity contribution in [2.24, 2.45) is 5.73 Å². The first-order chi connectivity index (χ1) is 7.54. The lowest BCUT2D eigenvalue weighted by atomic mass is 9.90. The van der Waals surface area contributed by atoms with Gasteiger partial charge in [-0.05, 0) is 48.3 Å². The van der Waals surface area contributed by atoms with Crippen LogP contribution in [0.1, 0.15) is 56.2 Å². The SMILES string of the molecule is CCc1ccc(C(C)C)c(CC2(N)CC2)c1. The molecule has 1 aliphatic carbocycles. The molecule has 0 heterocycles. The molecule has 0 aliphatic heterocycles. The van der Waals surface area contributed by atoms with Gasteiger partial charge in [0.15, 0.2) is 0 Å². The molecule has 0 bridgehead atoms. The molecule has 0 atom stereocenters. The van der Waals surface area contributed by atoms with E-state index in [4.69, 9.17) is 5.73 Å². The number of aryl methyl sites for hydroxylation is 1. The minimum Gasteiger partial charge on any atom is -0.325 e. The van der Waals surface area contributed by atoms with Gasteiger partial charge < -0.3 is 5.73 Å². The second-order valence-electron chi connectivity index (χ2n) is 5.58. The average molecular weight is 217 g/mol. The van der Waals surface area contributed by atoms with Crippen LogP contribution >= 0.6 is 0 Å². The molecule has 1 nitrogen and oxygen atoms in total. The Morgan fingerprint density at radius 3 is 2.50 bits per heavy atom. The highest BCUT2D eigenvalue weighted by Crippen LogP contribution is 2.37. The van der Waals surface area contributed by atoms with Crippen molar-refractivity contribution in [3.8, 4) is 0 Å². The van der Waals surface area contributed by atoms with Crippen molar-refractivity contribution in [1.82, 2.24) is 0 Å². The van der Waals surface area contributed by atoms with Crippen molar-refractivity contribution in [3.05, 3.63) is 34.9 Å². The van der Waals surface area contributed by atoms with Crippen molar-refractivity contribution in [2.45, 2.75) is 57.9 Å². The zero-order valence-electron chi connectivity index (χ0n) is 10.7. The molecule has 2 N–H and O–H groups in total. The zero-order valence-corrected chi connectivity index (χ0v) is 10.7. The van der Waals surface area contributed by atoms with Crippen molar-refractivity contribution in [2.75, 3.05) is 0 Å². The Labute approximate surface area is 99.0 Å². The molecule has 1 aliphatic rings. The van der Waals surface area contributed by atoms with E-state index < -0.39 is 0 Å². The van der Waals surface area contributed by atoms with E-state index in [2.05, 4.69) is 39.0 Å². The molecule has 1 aromatic carbocycles. The zero-order chi connectivity index (χ0) is 11.8. The number of rotatable bonds is 4. The average Bonchev–Trinajstić information content (AvgIpc) is 2.95. The summed E-state index contributed by atoms with van der Waals surface area (Å²) >= 11 is 0. The van der Waals surface area contributed by atoms with E-state index in [0.29, 0.717) is 5.92 Å². The maximum absolute atomic E-state index is 6.24. The van der Waals surface area contributed by atoms with Crippen LogP contribution in [0.25, 0.3) is 0 Å². The molecule has 88 valence electrons. The van der Waals surface area contributed by atoms with Gasteiger partial charge >= 0.3 is 0 Å². The van der Waals surface area contributed by atoms with Crippen LogP contribution in [-0.2, 0) is 12.8 Å². The largest absolute Gasteiger partial charge is 0.325 e. The predicted molar refractivity (Wildman–Crippen MR) is 69.8 cm³/mol. The van der Waals surface area contributed by atoms with Crippen LogP contribution in [0, 0.1) is 0 Å². The van der Waals surface area contributed by atoms with Crippen molar-refractivity contribution >= 4 is 0 Å². The van der Waals surface area contributed by atoms with Gasteiger partial charge in [-0.2, -0.15) is 0 Å². The molecule has 16 heavy (non-hydrogen) atoms. The molecular weight excluding hydrogens is 194 g/mol. The summed E-state index contributed by atoms with van der Waals surface area (Å²) in [7, 11) is 0. The van der Waals surface area contributed by atoms with Gasteiger partial charge in [0.25, 0.3) is 0 Å². The van der Waals surface area contributed by atoms with Crippen LogP contribution in [-0.4, -0.2) is 5.54 Å². The standard InChI is InChI=1S/C15H23N/c1-4-12-5-6-14(11(2)3)13(9-12)10-15(16)7-8-15/h5-6,9,11H,4,7-8,10,16H2,1-3H3. The Kier molecular flexibility index (Phi) is 3.07. The third-order valence-corrected chi connectivity index (χ3v) is 3.67. The highest BCUT2D eigenvalue weighted by molar-refractivity contribution is 5.36. The number of nitrogens with two attached hydrogens (primary N) is 1. The summed E-state index contributed by atoms with van der Waals surface area (Å²) in [5.41, 5.74) is 10.8. The van der Waals surface area contributed by atoms with Crippen LogP contribution < -0.4 is 5.73 Å². The van der Waals surface area contributed by atoms with E-state index in [0.717, 1.165) is 12.8 Å². The molecule has 0 aromatic heterocycles. The Morgan fingerprint density at radius 1 is 1.31 bits per heavy atom. The molecule has 1 fully saturated rings. The minimum atomic E-state index is 0.121. The van der Waals surface area contributed by atoms with Crippen LogP contribution in [0.4, 0.5) is 0 Å². The molecule has 0 amide bonds. The van der Waals surface area contributed by atoms with Crippen molar-refractivity contribution < 1.29 is 0 Å². The Hall–Kier alpha value is -0.820. The van der Waals surface area contributed by atoms with E-state index in [1.54, 1.807) is 0 Å². The maximum Gasteiger partial charge on any atom is 0.0196 e. The Bertz CT molecular complexity index is 375. The van der Waals surface area contributed by atoms with Crippen LogP contribution in [0.3, 0.4) is 0 Å². The topological polar surface area (TPSA) is 26.0 Å². The molecule has 0 radical (unpaired) electrons. The lowest BCUT2D eigenvalue weighted by molar-refractivity contribution is 0.661. The lowest BCUT2D eigenvalue weighted by Gasteiger charge is -2.17. The van der Waals surface area contributed by atoms with Gasteiger partial charge in [0.05, 0.1) is 0 Å². The quantitative estimate of drug-likeness (QED) is 0.822. The van der Waals surface area contributed by atoms with Crippen molar-refractivity contribution in [1.29, 1.82) is 0 Å². The Morgan fingerprint density at radius 2 is 2.00 bits per heavy atom. The lowest BCUT2D eigenvalue weighted by Crippen LogP contribution is -2.25. The summed E-state index contributed by atoms with van der Waals surface area (Å²) in [6, 6.07) is 6.92. The first-order valence-electron chi connectivity index (χ1n) is 6.44. The monoisotopic (exact) mass is 217 g/mol. The fraction of sp³-hybridized carbons (Fsp3) is 0.600. The maximum atomic E-state index is 6.24. The summed E-state index contributed by atoms with van der Waals surface area (Å²) in [5, 5.41) is 0. The molecule has 0 saturated heterocycles. The predicted octanol–water partition coefficient (Wildman–Crippen LogP) is 3.41. The van der Waals surface area contributed by atoms with Crippen LogP contribution in [0.5, 0.6) is 0 Å². The smallest absolute Gasteiger partial charge is 0.0196 e. The Balaban J connectivity index is 2.30. The fourth-order valence-electron chi connectivity index (χ4n) is 2.31. The second kappa shape index (κ2) is 4.21. The van der Waals surface area contributed by atoms with Crippen LogP contribution in [0.2, 0.25) is 0 Å². The fourth-order valence-corrected chi connectivity index (χ4v) is 2.31. The normalized spacial score (nSPS) is 17.8. The summed E-state index contributed by atoms with van der Waals surface area (Å²) < 4.78 is 0. The van der Waals surface area contributed by atoms with E-state index in [-0.39, 0.29) is 5.54 Å². The summed E-state index contributed by atoms with van der Waals surface area (Å²) in [6.07, 6.45) is 4.57. The summed E-state index contributed by atoms with van der Waals surface area (Å²) in [4.78, 5) is 0. The molecule has 1 saturated carbocycles. The van der Waals surface area contributed by atoms with E-state index in [1.807, 2.05) is 0 Å². The molecule has 2 rings (SSSR count). The van der Waals surface area contributed by atoms with Gasteiger partial charge in [-0.25, -0.2) is 0 Å². The molecule has 1 aromatic rings. The van der Waals surface area contributed by atoms with E-state index >= 15 is 0 Å². The molecule has 0 unspecified atom stereocenters. The first-order valence-corrected chi connectivity index (χ1v) is 6.44. The van der Waals surface area contributed by atoms with Gasteiger partial charge in [0.1, 0.15) is 0 Å². The number of hydrogen-bond acceptors (Lipinski definition) is 1. The number of benzene rings is 1. The minimum absolute atomic E-state index is 0.121. The second-order valence-corrected chi connectivity index (χ2v) is 5.58. The van der Waals surface area contributed by atoms with Crippen molar-refractivity contribution in [3.63, 3.8) is 0 Å². The van der Waals surface area contributed by atoms with Gasteiger partial charge in [0, 0.05) is 5.54 Å². The highest BCUT2D eigenvalue weighted by atomic mass is 14.8. The van der Waals surface area contributed by atoms with Gasteiger partial charge in [-0.3, -0.25) is 0 Å². The molecular formula is C15H23N. The third-order valence-electron chi connectivity index (χ3n) is 3.67. The van der Waals surface area contributed by atoms with E-state index in [1.165, 1.54) is 29.5 Å². The van der Waals surface area contributed by atoms with Gasteiger partial charge in [-0.1, -0.05) is 39.0 Å². The van der Waals surface area contributed by atoms with Gasteiger partial charge in [0.2, 0.25) is 0 Å². The van der Waals surface area contributed by atoms with Crippen LogP contribution in [0.15, 0.2) is 18.2 Å². The molecule has 0 spiro atoms. The molecule has 1 heteroatoms. The summed E-state index contributed by atoms with van der Waals surface area (Å²) in [5.74, 6) is 0.600. The first kappa shape index (κ1) is 11.7. The number of hydrogen-bond donors (Lipinski definition) is 1. The highest BCUT2D eigenvalue weighted by Gasteiger charge is 2.38. The summed E-state index contributed by atoms with van der Waals surface area (Å²) in [6.45, 7) is 6.74. The van der Waals surface area contributed by atoms with E-state index in [9.17, 15) is 0 Å². The third kappa shape index (κ3) is 2.46.